The van der Waals surface area contributed by atoms with Crippen molar-refractivity contribution in [1.82, 2.24) is 10.2 Å². The molecular weight excluding hydrogens is 769 g/mol. The molecule has 1 aromatic carbocycles. The lowest BCUT2D eigenvalue weighted by molar-refractivity contribution is -0.249. The first-order valence-corrected chi connectivity index (χ1v) is 26.1. The van der Waals surface area contributed by atoms with Crippen LogP contribution in [0.1, 0.15) is 144 Å². The Balaban J connectivity index is 0.875. The van der Waals surface area contributed by atoms with Gasteiger partial charge in [-0.2, -0.15) is 0 Å². The zero-order valence-electron chi connectivity index (χ0n) is 38.5. The SMILES string of the molecule is CC1([C@@H]2CC[C@]3(NCCN4CCS(=O)(=O)CC4)CC[C@]4(C)[C@H](CCC5[C@@]6(C)CC[C@H](OC(=O)[C@H]7C[C@@H](C(=O)OCc8ccccc8)C7(C)C)C(C)(C)[C@@H]6CC[C@]54C)C23)CC1. The number of fused-ring (bicyclic) bond motifs is 7. The van der Waals surface area contributed by atoms with Crippen molar-refractivity contribution in [2.24, 2.45) is 73.9 Å². The topological polar surface area (TPSA) is 102 Å². The molecule has 7 aliphatic carbocycles. The van der Waals surface area contributed by atoms with Crippen molar-refractivity contribution in [1.29, 1.82) is 0 Å². The minimum Gasteiger partial charge on any atom is -0.462 e. The van der Waals surface area contributed by atoms with E-state index in [0.29, 0.717) is 54.2 Å². The fourth-order valence-corrected chi connectivity index (χ4v) is 17.9. The molecule has 1 saturated heterocycles. The Morgan fingerprint density at radius 1 is 0.717 bits per heavy atom. The molecule has 12 atom stereocenters. The molecular formula is C51H78N2O6S. The van der Waals surface area contributed by atoms with Crippen molar-refractivity contribution < 1.29 is 27.5 Å². The summed E-state index contributed by atoms with van der Waals surface area (Å²) >= 11 is 0. The first-order valence-electron chi connectivity index (χ1n) is 24.3. The Kier molecular flexibility index (Phi) is 10.7. The average molecular weight is 847 g/mol. The van der Waals surface area contributed by atoms with Crippen LogP contribution in [0.4, 0.5) is 0 Å². The predicted molar refractivity (Wildman–Crippen MR) is 236 cm³/mol. The first-order chi connectivity index (χ1) is 28.2. The summed E-state index contributed by atoms with van der Waals surface area (Å²) in [5.41, 5.74) is 1.79. The van der Waals surface area contributed by atoms with Gasteiger partial charge < -0.3 is 19.7 Å². The minimum absolute atomic E-state index is 0.117. The van der Waals surface area contributed by atoms with Gasteiger partial charge >= 0.3 is 11.9 Å². The molecule has 7 saturated carbocycles. The molecule has 60 heavy (non-hydrogen) atoms. The zero-order valence-corrected chi connectivity index (χ0v) is 39.3. The zero-order chi connectivity index (χ0) is 42.7. The van der Waals surface area contributed by atoms with Crippen LogP contribution in [0.2, 0.25) is 0 Å². The van der Waals surface area contributed by atoms with Gasteiger partial charge in [0.25, 0.3) is 0 Å². The molecule has 0 radical (unpaired) electrons. The minimum atomic E-state index is -2.87. The van der Waals surface area contributed by atoms with Crippen LogP contribution in [0.3, 0.4) is 0 Å². The van der Waals surface area contributed by atoms with Gasteiger partial charge in [-0.15, -0.1) is 0 Å². The number of ether oxygens (including phenoxy) is 2. The van der Waals surface area contributed by atoms with Crippen molar-refractivity contribution in [2.75, 3.05) is 37.7 Å². The summed E-state index contributed by atoms with van der Waals surface area (Å²) in [4.78, 5) is 29.6. The number of nitrogens with zero attached hydrogens (tertiary/aromatic N) is 1. The lowest BCUT2D eigenvalue weighted by Crippen LogP contribution is -2.69. The number of esters is 2. The van der Waals surface area contributed by atoms with Crippen LogP contribution in [-0.4, -0.2) is 74.6 Å². The molecule has 334 valence electrons. The molecule has 1 aromatic rings. The summed E-state index contributed by atoms with van der Waals surface area (Å²) < 4.78 is 36.6. The van der Waals surface area contributed by atoms with Crippen LogP contribution in [0, 0.1) is 73.9 Å². The van der Waals surface area contributed by atoms with E-state index in [1.54, 1.807) is 0 Å². The number of benzene rings is 1. The molecule has 9 heteroatoms. The van der Waals surface area contributed by atoms with Crippen molar-refractivity contribution in [3.05, 3.63) is 35.9 Å². The maximum absolute atomic E-state index is 14.0. The van der Waals surface area contributed by atoms with Crippen LogP contribution < -0.4 is 5.32 Å². The smallest absolute Gasteiger partial charge is 0.309 e. The second-order valence-electron chi connectivity index (χ2n) is 24.1. The molecule has 1 heterocycles. The molecule has 8 fully saturated rings. The monoisotopic (exact) mass is 847 g/mol. The fraction of sp³-hybridized carbons (Fsp3) is 0.843. The summed E-state index contributed by atoms with van der Waals surface area (Å²) in [6.07, 6.45) is 15.5. The second-order valence-corrected chi connectivity index (χ2v) is 26.4. The number of carbonyl (C=O) groups is 2. The quantitative estimate of drug-likeness (QED) is 0.233. The maximum atomic E-state index is 14.0. The number of nitrogens with one attached hydrogen (secondary N) is 1. The Morgan fingerprint density at radius 2 is 1.42 bits per heavy atom. The van der Waals surface area contributed by atoms with Gasteiger partial charge in [0, 0.05) is 37.1 Å². The van der Waals surface area contributed by atoms with E-state index in [9.17, 15) is 18.0 Å². The third-order valence-corrected chi connectivity index (χ3v) is 22.6. The molecule has 0 amide bonds. The third-order valence-electron chi connectivity index (χ3n) is 21.0. The van der Waals surface area contributed by atoms with E-state index < -0.39 is 15.3 Å². The maximum Gasteiger partial charge on any atom is 0.309 e. The van der Waals surface area contributed by atoms with E-state index in [-0.39, 0.29) is 63.7 Å². The number of hydrogen-bond donors (Lipinski definition) is 1. The van der Waals surface area contributed by atoms with Gasteiger partial charge in [0.2, 0.25) is 0 Å². The van der Waals surface area contributed by atoms with E-state index in [1.807, 2.05) is 44.2 Å². The fourth-order valence-electron chi connectivity index (χ4n) is 16.6. The van der Waals surface area contributed by atoms with Crippen LogP contribution in [-0.2, 0) is 35.5 Å². The van der Waals surface area contributed by atoms with Gasteiger partial charge in [0.05, 0.1) is 23.3 Å². The molecule has 8 aliphatic rings. The second kappa shape index (κ2) is 14.8. The molecule has 0 spiro atoms. The highest BCUT2D eigenvalue weighted by atomic mass is 32.2. The van der Waals surface area contributed by atoms with Gasteiger partial charge in [-0.25, -0.2) is 8.42 Å². The van der Waals surface area contributed by atoms with Crippen molar-refractivity contribution >= 4 is 21.8 Å². The van der Waals surface area contributed by atoms with Crippen molar-refractivity contribution in [3.63, 3.8) is 0 Å². The highest BCUT2D eigenvalue weighted by Gasteiger charge is 2.72. The molecule has 0 aromatic heterocycles. The molecule has 9 rings (SSSR count). The van der Waals surface area contributed by atoms with E-state index in [1.165, 1.54) is 64.2 Å². The van der Waals surface area contributed by atoms with Crippen LogP contribution >= 0.6 is 0 Å². The molecule has 1 N–H and O–H groups in total. The van der Waals surface area contributed by atoms with Crippen LogP contribution in [0.15, 0.2) is 30.3 Å². The number of carbonyl (C=O) groups excluding carboxylic acids is 2. The van der Waals surface area contributed by atoms with Crippen LogP contribution in [0.5, 0.6) is 0 Å². The Labute approximate surface area is 362 Å². The Bertz CT molecular complexity index is 1910. The summed E-state index contributed by atoms with van der Waals surface area (Å²) in [5, 5.41) is 4.30. The van der Waals surface area contributed by atoms with E-state index >= 15 is 0 Å². The van der Waals surface area contributed by atoms with Crippen molar-refractivity contribution in [2.45, 2.75) is 157 Å². The standard InChI is InChI=1S/C51H78N2O6S/c1-45(2)37(43(54)58-33-34-12-10-9-11-13-34)32-38(45)44(55)59-41-18-19-48(6)39(46(41,3)4)17-20-50(8)40(48)15-14-36-42-35(47(5)22-23-47)16-21-51(42,25-24-49(36,50)7)52-26-27-53-28-30-60(56,57)31-29-53/h9-13,35-42,52H,14-33H2,1-8H3/t35-,36-,37+,38-,39+,40?,41+,42?,48+,49-,50-,51+/m1/s1. The molecule has 2 unspecified atom stereocenters. The molecule has 0 bridgehead atoms. The summed E-state index contributed by atoms with van der Waals surface area (Å²) in [7, 11) is -2.87. The van der Waals surface area contributed by atoms with Gasteiger partial charge in [-0.3, -0.25) is 9.59 Å². The summed E-state index contributed by atoms with van der Waals surface area (Å²) in [6, 6.07) is 9.79. The van der Waals surface area contributed by atoms with E-state index in [4.69, 9.17) is 9.47 Å². The first kappa shape index (κ1) is 43.3. The Morgan fingerprint density at radius 3 is 2.10 bits per heavy atom. The number of sulfone groups is 1. The highest BCUT2D eigenvalue weighted by molar-refractivity contribution is 7.91. The lowest BCUT2D eigenvalue weighted by atomic mass is 9.32. The summed E-state index contributed by atoms with van der Waals surface area (Å²) in [5.74, 6) is 3.04. The third kappa shape index (κ3) is 6.79. The van der Waals surface area contributed by atoms with Gasteiger partial charge in [0.1, 0.15) is 12.7 Å². The van der Waals surface area contributed by atoms with Crippen LogP contribution in [0.25, 0.3) is 0 Å². The summed E-state index contributed by atoms with van der Waals surface area (Å²) in [6.45, 7) is 23.1. The Hall–Kier alpha value is -1.97. The number of hydrogen-bond acceptors (Lipinski definition) is 8. The highest BCUT2D eigenvalue weighted by Crippen LogP contribution is 2.78. The predicted octanol–water partition coefficient (Wildman–Crippen LogP) is 9.26. The molecule has 8 nitrogen and oxygen atoms in total. The average Bonchev–Trinajstić information content (AvgIpc) is 3.82. The normalized spacial score (nSPS) is 44.5. The lowest BCUT2D eigenvalue weighted by Gasteiger charge is -2.73. The van der Waals surface area contributed by atoms with E-state index in [0.717, 1.165) is 43.3 Å². The van der Waals surface area contributed by atoms with Gasteiger partial charge in [-0.1, -0.05) is 85.7 Å². The van der Waals surface area contributed by atoms with Gasteiger partial charge in [0.15, 0.2) is 9.84 Å². The number of rotatable bonds is 10. The van der Waals surface area contributed by atoms with E-state index in [2.05, 4.69) is 51.8 Å². The largest absolute Gasteiger partial charge is 0.462 e. The van der Waals surface area contributed by atoms with Crippen molar-refractivity contribution in [3.8, 4) is 0 Å². The molecule has 1 aliphatic heterocycles. The van der Waals surface area contributed by atoms with Gasteiger partial charge in [-0.05, 0) is 146 Å².